The predicted molar refractivity (Wildman–Crippen MR) is 116 cm³/mol. The normalized spacial score (nSPS) is 19.7. The van der Waals surface area contributed by atoms with Crippen LogP contribution in [0, 0.1) is 17.7 Å². The average Bonchev–Trinajstić information content (AvgIpc) is 3.34. The summed E-state index contributed by atoms with van der Waals surface area (Å²) in [7, 11) is 1.45. The lowest BCUT2D eigenvalue weighted by atomic mass is 10.0. The largest absolute Gasteiger partial charge is 0.508 e. The van der Waals surface area contributed by atoms with E-state index in [1.54, 1.807) is 24.3 Å². The predicted octanol–water partition coefficient (Wildman–Crippen LogP) is 4.87. The Kier molecular flexibility index (Phi) is 9.12. The minimum atomic E-state index is -0.638. The second kappa shape index (κ2) is 11.6. The molecule has 0 spiro atoms. The fourth-order valence-electron chi connectivity index (χ4n) is 4.02. The van der Waals surface area contributed by atoms with E-state index >= 15 is 0 Å². The summed E-state index contributed by atoms with van der Waals surface area (Å²) in [5, 5.41) is 18.0. The number of phenols is 2. The maximum absolute atomic E-state index is 12.3. The molecular formula is C24H32FNO4. The number of aromatic hydroxyl groups is 2. The Morgan fingerprint density at radius 3 is 2.20 bits per heavy atom. The zero-order valence-electron chi connectivity index (χ0n) is 18.0. The van der Waals surface area contributed by atoms with Crippen LogP contribution in [0.2, 0.25) is 0 Å². The maximum atomic E-state index is 12.3. The molecule has 2 aliphatic rings. The highest BCUT2D eigenvalue weighted by atomic mass is 19.1. The standard InChI is InChI=1S/C15H19NO2.C7H7FO2.C2H6/c17-14-6-4-11(5-7-14)15(18)10-16-8-12-2-1-3-13(12)9-16;1-10-5-2-3-6(8)7(9)4-5;1-2/h4-7,12-13,17H,1-3,8-10H2;2-4,9H,1H3;1-2H3/t12-,13+;;. The van der Waals surface area contributed by atoms with Crippen molar-refractivity contribution in [2.24, 2.45) is 11.8 Å². The van der Waals surface area contributed by atoms with E-state index in [4.69, 9.17) is 9.84 Å². The molecule has 6 heteroatoms. The summed E-state index contributed by atoms with van der Waals surface area (Å²) in [5.74, 6) is 1.45. The molecule has 2 N–H and O–H groups in total. The Bertz CT molecular complexity index is 797. The van der Waals surface area contributed by atoms with Gasteiger partial charge in [0.1, 0.15) is 11.5 Å². The van der Waals surface area contributed by atoms with Crippen molar-refractivity contribution in [1.82, 2.24) is 4.90 Å². The smallest absolute Gasteiger partial charge is 0.176 e. The van der Waals surface area contributed by atoms with Crippen LogP contribution in [-0.2, 0) is 0 Å². The van der Waals surface area contributed by atoms with Gasteiger partial charge in [-0.15, -0.1) is 0 Å². The monoisotopic (exact) mass is 417 g/mol. The molecule has 0 aromatic heterocycles. The van der Waals surface area contributed by atoms with Gasteiger partial charge >= 0.3 is 0 Å². The van der Waals surface area contributed by atoms with Crippen molar-refractivity contribution < 1.29 is 24.1 Å². The average molecular weight is 418 g/mol. The number of phenolic OH excluding ortho intramolecular Hbond substituents is 2. The summed E-state index contributed by atoms with van der Waals surface area (Å²) in [6, 6.07) is 10.4. The highest BCUT2D eigenvalue weighted by Gasteiger charge is 2.36. The van der Waals surface area contributed by atoms with E-state index in [1.807, 2.05) is 13.8 Å². The molecule has 0 bridgehead atoms. The maximum Gasteiger partial charge on any atom is 0.176 e. The Hall–Kier alpha value is -2.60. The number of ketones is 1. The molecule has 2 aromatic carbocycles. The van der Waals surface area contributed by atoms with Crippen molar-refractivity contribution in [2.45, 2.75) is 33.1 Å². The number of hydrogen-bond acceptors (Lipinski definition) is 5. The van der Waals surface area contributed by atoms with Crippen LogP contribution in [-0.4, -0.2) is 47.6 Å². The number of likely N-dealkylation sites (tertiary alicyclic amines) is 1. The van der Waals surface area contributed by atoms with Crippen LogP contribution in [0.15, 0.2) is 42.5 Å². The second-order valence-electron chi connectivity index (χ2n) is 7.43. The SMILES string of the molecule is CC.COc1ccc(F)c(O)c1.O=C(CN1C[C@H]2CCC[C@H]2C1)c1ccc(O)cc1. The molecule has 0 unspecified atom stereocenters. The Morgan fingerprint density at radius 2 is 1.67 bits per heavy atom. The van der Waals surface area contributed by atoms with Crippen molar-refractivity contribution >= 4 is 5.78 Å². The van der Waals surface area contributed by atoms with E-state index in [1.165, 1.54) is 38.5 Å². The molecule has 5 nitrogen and oxygen atoms in total. The van der Waals surface area contributed by atoms with Gasteiger partial charge in [-0.2, -0.15) is 0 Å². The third-order valence-corrected chi connectivity index (χ3v) is 5.51. The van der Waals surface area contributed by atoms with E-state index in [0.717, 1.165) is 31.0 Å². The highest BCUT2D eigenvalue weighted by Crippen LogP contribution is 2.37. The first kappa shape index (κ1) is 23.7. The molecule has 2 atom stereocenters. The van der Waals surface area contributed by atoms with Gasteiger partial charge in [-0.1, -0.05) is 20.3 Å². The molecule has 2 aromatic rings. The van der Waals surface area contributed by atoms with Crippen molar-refractivity contribution in [1.29, 1.82) is 0 Å². The summed E-state index contributed by atoms with van der Waals surface area (Å²) in [4.78, 5) is 14.4. The summed E-state index contributed by atoms with van der Waals surface area (Å²) < 4.78 is 17.1. The van der Waals surface area contributed by atoms with Crippen molar-refractivity contribution in [3.05, 3.63) is 53.8 Å². The molecule has 4 rings (SSSR count). The van der Waals surface area contributed by atoms with Crippen LogP contribution < -0.4 is 4.74 Å². The third kappa shape index (κ3) is 6.46. The number of carbonyl (C=O) groups is 1. The molecule has 1 aliphatic heterocycles. The summed E-state index contributed by atoms with van der Waals surface area (Å²) in [6.07, 6.45) is 4.05. The lowest BCUT2D eigenvalue weighted by Crippen LogP contribution is -2.28. The zero-order chi connectivity index (χ0) is 22.1. The van der Waals surface area contributed by atoms with Crippen LogP contribution in [0.4, 0.5) is 4.39 Å². The minimum Gasteiger partial charge on any atom is -0.508 e. The first-order chi connectivity index (χ1) is 14.5. The number of nitrogens with zero attached hydrogens (tertiary/aromatic N) is 1. The summed E-state index contributed by atoms with van der Waals surface area (Å²) in [6.45, 7) is 6.71. The molecule has 1 saturated heterocycles. The number of benzene rings is 2. The van der Waals surface area contributed by atoms with Gasteiger partial charge in [-0.3, -0.25) is 9.69 Å². The van der Waals surface area contributed by atoms with Crippen LogP contribution in [0.1, 0.15) is 43.5 Å². The van der Waals surface area contributed by atoms with Crippen LogP contribution in [0.5, 0.6) is 17.2 Å². The molecule has 164 valence electrons. The van der Waals surface area contributed by atoms with Crippen molar-refractivity contribution in [3.8, 4) is 17.2 Å². The number of ether oxygens (including phenoxy) is 1. The second-order valence-corrected chi connectivity index (χ2v) is 7.43. The quantitative estimate of drug-likeness (QED) is 0.695. The number of hydrogen-bond donors (Lipinski definition) is 2. The van der Waals surface area contributed by atoms with E-state index in [0.29, 0.717) is 17.9 Å². The summed E-state index contributed by atoms with van der Waals surface area (Å²) >= 11 is 0. The number of fused-ring (bicyclic) bond motifs is 1. The van der Waals surface area contributed by atoms with Gasteiger partial charge < -0.3 is 14.9 Å². The number of methoxy groups -OCH3 is 1. The molecule has 0 amide bonds. The van der Waals surface area contributed by atoms with E-state index in [9.17, 15) is 14.3 Å². The Labute approximate surface area is 178 Å². The van der Waals surface area contributed by atoms with Gasteiger partial charge in [-0.05, 0) is 61.1 Å². The molecule has 2 fully saturated rings. The number of carbonyl (C=O) groups excluding carboxylic acids is 1. The van der Waals surface area contributed by atoms with Gasteiger partial charge in [0.25, 0.3) is 0 Å². The molecule has 1 aliphatic carbocycles. The minimum absolute atomic E-state index is 0.162. The van der Waals surface area contributed by atoms with Crippen LogP contribution in [0.3, 0.4) is 0 Å². The lowest BCUT2D eigenvalue weighted by Gasteiger charge is -2.15. The van der Waals surface area contributed by atoms with Gasteiger partial charge in [0.2, 0.25) is 0 Å². The third-order valence-electron chi connectivity index (χ3n) is 5.51. The fraction of sp³-hybridized carbons (Fsp3) is 0.458. The number of rotatable bonds is 4. The first-order valence-corrected chi connectivity index (χ1v) is 10.5. The molecule has 0 radical (unpaired) electrons. The first-order valence-electron chi connectivity index (χ1n) is 10.5. The van der Waals surface area contributed by atoms with Crippen LogP contribution >= 0.6 is 0 Å². The van der Waals surface area contributed by atoms with E-state index < -0.39 is 5.82 Å². The fourth-order valence-corrected chi connectivity index (χ4v) is 4.02. The van der Waals surface area contributed by atoms with Crippen LogP contribution in [0.25, 0.3) is 0 Å². The van der Waals surface area contributed by atoms with Gasteiger partial charge in [0.15, 0.2) is 17.3 Å². The topological polar surface area (TPSA) is 70.0 Å². The molecule has 1 saturated carbocycles. The number of Topliss-reactive ketones (excluding diaryl/α,β-unsaturated/α-hetero) is 1. The van der Waals surface area contributed by atoms with Gasteiger partial charge in [0.05, 0.1) is 13.7 Å². The van der Waals surface area contributed by atoms with E-state index in [2.05, 4.69) is 4.90 Å². The number of halogens is 1. The lowest BCUT2D eigenvalue weighted by molar-refractivity contribution is 0.0941. The zero-order valence-corrected chi connectivity index (χ0v) is 18.0. The van der Waals surface area contributed by atoms with Crippen molar-refractivity contribution in [2.75, 3.05) is 26.7 Å². The summed E-state index contributed by atoms with van der Waals surface area (Å²) in [5.41, 5.74) is 0.699. The van der Waals surface area contributed by atoms with E-state index in [-0.39, 0.29) is 17.3 Å². The molecular weight excluding hydrogens is 385 g/mol. The van der Waals surface area contributed by atoms with Crippen molar-refractivity contribution in [3.63, 3.8) is 0 Å². The van der Waals surface area contributed by atoms with Gasteiger partial charge in [0, 0.05) is 24.7 Å². The molecule has 30 heavy (non-hydrogen) atoms. The highest BCUT2D eigenvalue weighted by molar-refractivity contribution is 5.97. The van der Waals surface area contributed by atoms with Gasteiger partial charge in [-0.25, -0.2) is 4.39 Å². The Morgan fingerprint density at radius 1 is 1.07 bits per heavy atom. The molecule has 1 heterocycles. The Balaban J connectivity index is 0.000000228.